The Morgan fingerprint density at radius 1 is 1.07 bits per heavy atom. The predicted molar refractivity (Wildman–Crippen MR) is 60.1 cm³/mol. The van der Waals surface area contributed by atoms with Crippen molar-refractivity contribution in [1.82, 2.24) is 0 Å². The molecule has 14 heavy (non-hydrogen) atoms. The first-order valence-electron chi connectivity index (χ1n) is 5.14. The molecule has 0 N–H and O–H groups in total. The van der Waals surface area contributed by atoms with E-state index in [1.807, 2.05) is 38.1 Å². The van der Waals surface area contributed by atoms with Crippen molar-refractivity contribution >= 4 is 0 Å². The molecular weight excluding hydrogens is 176 g/mol. The highest BCUT2D eigenvalue weighted by molar-refractivity contribution is 5.39. The van der Waals surface area contributed by atoms with Gasteiger partial charge < -0.3 is 9.47 Å². The van der Waals surface area contributed by atoms with Crippen molar-refractivity contribution in [2.75, 3.05) is 13.7 Å². The van der Waals surface area contributed by atoms with Crippen LogP contribution < -0.4 is 9.47 Å². The third-order valence-electron chi connectivity index (χ3n) is 1.53. The van der Waals surface area contributed by atoms with Crippen LogP contribution in [-0.2, 0) is 0 Å². The zero-order valence-electron chi connectivity index (χ0n) is 9.54. The molecule has 0 radical (unpaired) electrons. The number of hydrogen-bond acceptors (Lipinski definition) is 2. The Labute approximate surface area is 86.9 Å². The summed E-state index contributed by atoms with van der Waals surface area (Å²) in [4.78, 5) is 0. The van der Waals surface area contributed by atoms with Gasteiger partial charge in [-0.2, -0.15) is 0 Å². The molecule has 0 spiro atoms. The van der Waals surface area contributed by atoms with Crippen molar-refractivity contribution in [3.8, 4) is 11.5 Å². The summed E-state index contributed by atoms with van der Waals surface area (Å²) in [7, 11) is 1.65. The minimum atomic E-state index is 0.736. The van der Waals surface area contributed by atoms with Crippen molar-refractivity contribution in [2.24, 2.45) is 0 Å². The van der Waals surface area contributed by atoms with Gasteiger partial charge in [-0.3, -0.25) is 0 Å². The van der Waals surface area contributed by atoms with E-state index in [1.165, 1.54) is 0 Å². The molecule has 0 heterocycles. The van der Waals surface area contributed by atoms with Gasteiger partial charge in [-0.25, -0.2) is 0 Å². The fourth-order valence-corrected chi connectivity index (χ4v) is 0.950. The smallest absolute Gasteiger partial charge is 0.161 e. The maximum Gasteiger partial charge on any atom is 0.161 e. The second kappa shape index (κ2) is 8.42. The van der Waals surface area contributed by atoms with Crippen LogP contribution in [0.3, 0.4) is 0 Å². The lowest BCUT2D eigenvalue weighted by Crippen LogP contribution is -1.96. The Balaban J connectivity index is 0.000000791. The fourth-order valence-electron chi connectivity index (χ4n) is 0.950. The van der Waals surface area contributed by atoms with E-state index in [2.05, 4.69) is 6.92 Å². The average Bonchev–Trinajstić information content (AvgIpc) is 2.29. The Morgan fingerprint density at radius 3 is 2.14 bits per heavy atom. The first-order valence-corrected chi connectivity index (χ1v) is 5.14. The summed E-state index contributed by atoms with van der Waals surface area (Å²) in [5, 5.41) is 0. The van der Waals surface area contributed by atoms with Crippen LogP contribution in [0.1, 0.15) is 27.2 Å². The summed E-state index contributed by atoms with van der Waals surface area (Å²) in [6.45, 7) is 6.82. The van der Waals surface area contributed by atoms with Gasteiger partial charge in [0, 0.05) is 0 Å². The Morgan fingerprint density at radius 2 is 1.64 bits per heavy atom. The molecule has 0 unspecified atom stereocenters. The van der Waals surface area contributed by atoms with E-state index in [9.17, 15) is 0 Å². The van der Waals surface area contributed by atoms with E-state index >= 15 is 0 Å². The largest absolute Gasteiger partial charge is 0.493 e. The number of hydrogen-bond donors (Lipinski definition) is 0. The topological polar surface area (TPSA) is 18.5 Å². The molecule has 0 aliphatic carbocycles. The highest BCUT2D eigenvalue weighted by atomic mass is 16.5. The number of benzene rings is 1. The number of rotatable bonds is 4. The minimum Gasteiger partial charge on any atom is -0.493 e. The van der Waals surface area contributed by atoms with E-state index in [-0.39, 0.29) is 0 Å². The number of para-hydroxylation sites is 2. The molecule has 1 aromatic carbocycles. The van der Waals surface area contributed by atoms with Crippen molar-refractivity contribution in [2.45, 2.75) is 27.2 Å². The van der Waals surface area contributed by atoms with E-state index in [0.717, 1.165) is 24.5 Å². The zero-order chi connectivity index (χ0) is 10.8. The molecule has 0 saturated carbocycles. The minimum absolute atomic E-state index is 0.736. The summed E-state index contributed by atoms with van der Waals surface area (Å²) in [5.74, 6) is 1.62. The maximum atomic E-state index is 5.45. The van der Waals surface area contributed by atoms with Crippen LogP contribution in [-0.4, -0.2) is 13.7 Å². The number of methoxy groups -OCH3 is 1. The third-order valence-corrected chi connectivity index (χ3v) is 1.53. The molecule has 1 aromatic rings. The van der Waals surface area contributed by atoms with Crippen molar-refractivity contribution in [3.05, 3.63) is 24.3 Å². The second-order valence-electron chi connectivity index (χ2n) is 2.50. The quantitative estimate of drug-likeness (QED) is 0.733. The Kier molecular flexibility index (Phi) is 7.71. The van der Waals surface area contributed by atoms with E-state index < -0.39 is 0 Å². The predicted octanol–water partition coefficient (Wildman–Crippen LogP) is 3.51. The van der Waals surface area contributed by atoms with Gasteiger partial charge in [-0.15, -0.1) is 0 Å². The normalized spacial score (nSPS) is 8.57. The zero-order valence-corrected chi connectivity index (χ0v) is 9.54. The summed E-state index contributed by atoms with van der Waals surface area (Å²) >= 11 is 0. The van der Waals surface area contributed by atoms with Crippen molar-refractivity contribution in [1.29, 1.82) is 0 Å². The molecule has 0 amide bonds. The SMILES string of the molecule is CC.CCCOc1ccccc1OC. The van der Waals surface area contributed by atoms with Crippen LogP contribution in [0.4, 0.5) is 0 Å². The van der Waals surface area contributed by atoms with E-state index in [0.29, 0.717) is 0 Å². The standard InChI is InChI=1S/C10H14O2.C2H6/c1-3-8-12-10-7-5-4-6-9(10)11-2;1-2/h4-7H,3,8H2,1-2H3;1-2H3. The van der Waals surface area contributed by atoms with E-state index in [1.54, 1.807) is 7.11 Å². The van der Waals surface area contributed by atoms with Crippen molar-refractivity contribution < 1.29 is 9.47 Å². The van der Waals surface area contributed by atoms with Crippen LogP contribution in [0.25, 0.3) is 0 Å². The molecule has 0 aliphatic rings. The highest BCUT2D eigenvalue weighted by Crippen LogP contribution is 2.25. The highest BCUT2D eigenvalue weighted by Gasteiger charge is 1.99. The monoisotopic (exact) mass is 196 g/mol. The molecule has 1 rings (SSSR count). The lowest BCUT2D eigenvalue weighted by Gasteiger charge is -2.08. The molecule has 0 atom stereocenters. The van der Waals surface area contributed by atoms with Crippen LogP contribution in [0.2, 0.25) is 0 Å². The third kappa shape index (κ3) is 4.17. The van der Waals surface area contributed by atoms with Gasteiger partial charge in [0.05, 0.1) is 13.7 Å². The van der Waals surface area contributed by atoms with Gasteiger partial charge in [-0.1, -0.05) is 32.9 Å². The summed E-state index contributed by atoms with van der Waals surface area (Å²) in [6, 6.07) is 7.67. The molecule has 0 fully saturated rings. The van der Waals surface area contributed by atoms with Crippen LogP contribution in [0.5, 0.6) is 11.5 Å². The van der Waals surface area contributed by atoms with Gasteiger partial charge in [0.25, 0.3) is 0 Å². The van der Waals surface area contributed by atoms with Crippen LogP contribution >= 0.6 is 0 Å². The number of ether oxygens (including phenoxy) is 2. The molecule has 0 aliphatic heterocycles. The molecule has 0 saturated heterocycles. The van der Waals surface area contributed by atoms with Crippen molar-refractivity contribution in [3.63, 3.8) is 0 Å². The Hall–Kier alpha value is -1.18. The van der Waals surface area contributed by atoms with Gasteiger partial charge in [0.2, 0.25) is 0 Å². The lowest BCUT2D eigenvalue weighted by atomic mass is 10.3. The van der Waals surface area contributed by atoms with Crippen LogP contribution in [0.15, 0.2) is 24.3 Å². The van der Waals surface area contributed by atoms with Crippen LogP contribution in [0, 0.1) is 0 Å². The van der Waals surface area contributed by atoms with Gasteiger partial charge in [-0.05, 0) is 18.6 Å². The Bertz CT molecular complexity index is 234. The van der Waals surface area contributed by atoms with Gasteiger partial charge >= 0.3 is 0 Å². The fraction of sp³-hybridized carbons (Fsp3) is 0.500. The summed E-state index contributed by atoms with van der Waals surface area (Å²) < 4.78 is 10.6. The maximum absolute atomic E-state index is 5.45. The molecule has 2 nitrogen and oxygen atoms in total. The van der Waals surface area contributed by atoms with Gasteiger partial charge in [0.15, 0.2) is 11.5 Å². The average molecular weight is 196 g/mol. The molecular formula is C12H20O2. The molecule has 80 valence electrons. The van der Waals surface area contributed by atoms with Gasteiger partial charge in [0.1, 0.15) is 0 Å². The molecule has 0 aromatic heterocycles. The summed E-state index contributed by atoms with van der Waals surface area (Å²) in [6.07, 6.45) is 1.01. The molecule has 0 bridgehead atoms. The lowest BCUT2D eigenvalue weighted by molar-refractivity contribution is 0.294. The first kappa shape index (κ1) is 12.8. The van der Waals surface area contributed by atoms with E-state index in [4.69, 9.17) is 9.47 Å². The molecule has 2 heteroatoms. The summed E-state index contributed by atoms with van der Waals surface area (Å²) in [5.41, 5.74) is 0. The first-order chi connectivity index (χ1) is 6.88. The second-order valence-corrected chi connectivity index (χ2v) is 2.50.